The molecule has 0 radical (unpaired) electrons. The molecule has 23 heavy (non-hydrogen) atoms. The van der Waals surface area contributed by atoms with Crippen LogP contribution in [-0.4, -0.2) is 17.0 Å². The lowest BCUT2D eigenvalue weighted by Gasteiger charge is -2.17. The fourth-order valence-electron chi connectivity index (χ4n) is 3.54. The van der Waals surface area contributed by atoms with Gasteiger partial charge in [0.05, 0.1) is 5.97 Å². The molecule has 3 aromatic rings. The number of carboxylic acids is 1. The van der Waals surface area contributed by atoms with Crippen LogP contribution >= 0.6 is 0 Å². The first-order chi connectivity index (χ1) is 11.2. The van der Waals surface area contributed by atoms with Crippen molar-refractivity contribution in [3.8, 4) is 0 Å². The van der Waals surface area contributed by atoms with Crippen molar-refractivity contribution in [1.29, 1.82) is 0 Å². The second-order valence-electron chi connectivity index (χ2n) is 6.19. The van der Waals surface area contributed by atoms with E-state index in [1.165, 1.54) is 25.7 Å². The molecule has 0 amide bonds. The number of pyridine rings is 1. The fourth-order valence-corrected chi connectivity index (χ4v) is 3.54. The van der Waals surface area contributed by atoms with Crippen molar-refractivity contribution in [2.75, 3.05) is 5.32 Å². The van der Waals surface area contributed by atoms with E-state index in [2.05, 4.69) is 10.3 Å². The molecule has 0 unspecified atom stereocenters. The van der Waals surface area contributed by atoms with Crippen LogP contribution < -0.4 is 10.4 Å². The van der Waals surface area contributed by atoms with Gasteiger partial charge in [0.15, 0.2) is 0 Å². The third kappa shape index (κ3) is 2.50. The number of hydrogen-bond acceptors (Lipinski definition) is 4. The van der Waals surface area contributed by atoms with Gasteiger partial charge in [-0.1, -0.05) is 25.0 Å². The molecule has 1 N–H and O–H groups in total. The number of rotatable bonds is 3. The maximum atomic E-state index is 11.1. The Morgan fingerprint density at radius 1 is 1.09 bits per heavy atom. The zero-order chi connectivity index (χ0) is 15.8. The standard InChI is InChI=1S/C19H18N2O2/c22-19(23)12-5-6-15-13(9-12)10-18(21-14-3-1-2-4-14)16-7-8-20-11-17(15)16/h5-11,14,21H,1-4H2,(H,22,23)/p-1. The Hall–Kier alpha value is -2.62. The Morgan fingerprint density at radius 2 is 1.91 bits per heavy atom. The molecule has 116 valence electrons. The lowest BCUT2D eigenvalue weighted by molar-refractivity contribution is -0.255. The molecule has 1 aliphatic rings. The van der Waals surface area contributed by atoms with Gasteiger partial charge in [-0.3, -0.25) is 4.98 Å². The zero-order valence-electron chi connectivity index (χ0n) is 12.7. The Balaban J connectivity index is 1.92. The van der Waals surface area contributed by atoms with Crippen molar-refractivity contribution in [1.82, 2.24) is 4.98 Å². The average molecular weight is 305 g/mol. The number of aromatic carboxylic acids is 1. The van der Waals surface area contributed by atoms with Gasteiger partial charge in [-0.2, -0.15) is 0 Å². The third-order valence-corrected chi connectivity index (χ3v) is 4.70. The van der Waals surface area contributed by atoms with Gasteiger partial charge in [0.25, 0.3) is 0 Å². The van der Waals surface area contributed by atoms with Gasteiger partial charge < -0.3 is 15.2 Å². The first-order valence-electron chi connectivity index (χ1n) is 8.01. The lowest BCUT2D eigenvalue weighted by Crippen LogP contribution is -2.22. The molecule has 1 aromatic heterocycles. The van der Waals surface area contributed by atoms with Crippen LogP contribution in [0.5, 0.6) is 0 Å². The van der Waals surface area contributed by atoms with Gasteiger partial charge in [-0.15, -0.1) is 0 Å². The summed E-state index contributed by atoms with van der Waals surface area (Å²) in [6.07, 6.45) is 8.53. The molecule has 1 fully saturated rings. The summed E-state index contributed by atoms with van der Waals surface area (Å²) >= 11 is 0. The number of aromatic nitrogens is 1. The molecule has 1 heterocycles. The number of nitrogens with one attached hydrogen (secondary N) is 1. The molecule has 4 rings (SSSR count). The largest absolute Gasteiger partial charge is 0.545 e. The normalized spacial score (nSPS) is 15.3. The predicted octanol–water partition coefficient (Wildman–Crippen LogP) is 3.11. The summed E-state index contributed by atoms with van der Waals surface area (Å²) in [6, 6.07) is 9.66. The Bertz CT molecular complexity index is 898. The Morgan fingerprint density at radius 3 is 2.70 bits per heavy atom. The molecular weight excluding hydrogens is 288 g/mol. The number of carbonyl (C=O) groups excluding carboxylic acids is 1. The van der Waals surface area contributed by atoms with Gasteiger partial charge in [-0.05, 0) is 47.4 Å². The van der Waals surface area contributed by atoms with E-state index in [-0.39, 0.29) is 5.56 Å². The first-order valence-corrected chi connectivity index (χ1v) is 8.01. The monoisotopic (exact) mass is 305 g/mol. The summed E-state index contributed by atoms with van der Waals surface area (Å²) in [5, 5.41) is 18.8. The molecule has 0 spiro atoms. The minimum Gasteiger partial charge on any atom is -0.545 e. The van der Waals surface area contributed by atoms with Crippen molar-refractivity contribution in [3.63, 3.8) is 0 Å². The van der Waals surface area contributed by atoms with E-state index < -0.39 is 5.97 Å². The second-order valence-corrected chi connectivity index (χ2v) is 6.19. The highest BCUT2D eigenvalue weighted by molar-refractivity contribution is 6.13. The molecule has 2 aromatic carbocycles. The van der Waals surface area contributed by atoms with Gasteiger partial charge >= 0.3 is 0 Å². The van der Waals surface area contributed by atoms with Gasteiger partial charge in [0.1, 0.15) is 0 Å². The Labute approximate surface area is 134 Å². The smallest absolute Gasteiger partial charge is 0.0715 e. The summed E-state index contributed by atoms with van der Waals surface area (Å²) in [7, 11) is 0. The zero-order valence-corrected chi connectivity index (χ0v) is 12.7. The van der Waals surface area contributed by atoms with E-state index >= 15 is 0 Å². The van der Waals surface area contributed by atoms with Crippen LogP contribution in [0.1, 0.15) is 36.0 Å². The molecule has 0 aliphatic heterocycles. The number of anilines is 1. The topological polar surface area (TPSA) is 65.0 Å². The van der Waals surface area contributed by atoms with E-state index in [4.69, 9.17) is 0 Å². The van der Waals surface area contributed by atoms with Crippen LogP contribution in [0, 0.1) is 0 Å². The number of benzene rings is 2. The first kappa shape index (κ1) is 14.0. The highest BCUT2D eigenvalue weighted by Crippen LogP contribution is 2.33. The van der Waals surface area contributed by atoms with Crippen LogP contribution in [0.2, 0.25) is 0 Å². The predicted molar refractivity (Wildman–Crippen MR) is 89.5 cm³/mol. The van der Waals surface area contributed by atoms with Crippen molar-refractivity contribution in [2.24, 2.45) is 0 Å². The van der Waals surface area contributed by atoms with E-state index in [0.717, 1.165) is 27.2 Å². The third-order valence-electron chi connectivity index (χ3n) is 4.70. The highest BCUT2D eigenvalue weighted by atomic mass is 16.4. The van der Waals surface area contributed by atoms with Crippen LogP contribution in [-0.2, 0) is 0 Å². The lowest BCUT2D eigenvalue weighted by atomic mass is 9.99. The van der Waals surface area contributed by atoms with Crippen LogP contribution in [0.25, 0.3) is 21.5 Å². The maximum absolute atomic E-state index is 11.1. The summed E-state index contributed by atoms with van der Waals surface area (Å²) in [5.74, 6) is -1.15. The van der Waals surface area contributed by atoms with Crippen molar-refractivity contribution >= 4 is 33.2 Å². The summed E-state index contributed by atoms with van der Waals surface area (Å²) in [5.41, 5.74) is 1.25. The van der Waals surface area contributed by atoms with Crippen LogP contribution in [0.15, 0.2) is 42.7 Å². The van der Waals surface area contributed by atoms with Crippen molar-refractivity contribution < 1.29 is 9.90 Å². The van der Waals surface area contributed by atoms with Crippen LogP contribution in [0.4, 0.5) is 5.69 Å². The van der Waals surface area contributed by atoms with Gasteiger partial charge in [-0.25, -0.2) is 0 Å². The SMILES string of the molecule is O=C([O-])c1ccc2c(c1)cc(NC1CCCC1)c1ccncc12. The summed E-state index contributed by atoms with van der Waals surface area (Å²) in [4.78, 5) is 15.4. The van der Waals surface area contributed by atoms with Gasteiger partial charge in [0.2, 0.25) is 0 Å². The van der Waals surface area contributed by atoms with Gasteiger partial charge in [0, 0.05) is 34.9 Å². The molecule has 4 heteroatoms. The number of carboxylic acid groups (broad SMARTS) is 1. The average Bonchev–Trinajstić information content (AvgIpc) is 3.07. The fraction of sp³-hybridized carbons (Fsp3) is 0.263. The molecule has 0 bridgehead atoms. The minimum absolute atomic E-state index is 0.201. The van der Waals surface area contributed by atoms with Crippen LogP contribution in [0.3, 0.4) is 0 Å². The molecular formula is C19H17N2O2-. The summed E-state index contributed by atoms with van der Waals surface area (Å²) in [6.45, 7) is 0. The Kier molecular flexibility index (Phi) is 3.37. The van der Waals surface area contributed by atoms with Crippen molar-refractivity contribution in [2.45, 2.75) is 31.7 Å². The quantitative estimate of drug-likeness (QED) is 0.755. The molecule has 1 saturated carbocycles. The minimum atomic E-state index is -1.15. The van der Waals surface area contributed by atoms with E-state index in [1.807, 2.05) is 24.4 Å². The molecule has 1 aliphatic carbocycles. The number of nitrogens with zero attached hydrogens (tertiary/aromatic N) is 1. The number of hydrogen-bond donors (Lipinski definition) is 1. The molecule has 0 saturated heterocycles. The summed E-state index contributed by atoms with van der Waals surface area (Å²) < 4.78 is 0. The van der Waals surface area contributed by atoms with E-state index in [1.54, 1.807) is 18.3 Å². The van der Waals surface area contributed by atoms with E-state index in [0.29, 0.717) is 6.04 Å². The second kappa shape index (κ2) is 5.54. The van der Waals surface area contributed by atoms with Crippen molar-refractivity contribution in [3.05, 3.63) is 48.3 Å². The maximum Gasteiger partial charge on any atom is 0.0715 e. The molecule has 4 nitrogen and oxygen atoms in total. The number of fused-ring (bicyclic) bond motifs is 3. The van der Waals surface area contributed by atoms with E-state index in [9.17, 15) is 9.90 Å². The number of carbonyl (C=O) groups is 1. The molecule has 0 atom stereocenters. The highest BCUT2D eigenvalue weighted by Gasteiger charge is 2.16.